The van der Waals surface area contributed by atoms with E-state index in [0.717, 1.165) is 6.42 Å². The van der Waals surface area contributed by atoms with Gasteiger partial charge in [-0.05, 0) is 25.7 Å². The molecule has 0 aliphatic rings. The van der Waals surface area contributed by atoms with Crippen molar-refractivity contribution < 1.29 is 25.2 Å². The Kier molecular flexibility index (Phi) is 15.8. The van der Waals surface area contributed by atoms with E-state index in [0.29, 0.717) is 19.3 Å². The Hall–Kier alpha value is -2.21. The molecule has 0 saturated heterocycles. The maximum absolute atomic E-state index is 10.3. The Bertz CT molecular complexity index is 555. The first-order valence-electron chi connectivity index (χ1n) is 9.21. The number of hydrogen-bond donors (Lipinski definition) is 4. The summed E-state index contributed by atoms with van der Waals surface area (Å²) in [6, 6.07) is 0. The topological polar surface area (TPSA) is 98.0 Å². The summed E-state index contributed by atoms with van der Waals surface area (Å²) < 4.78 is 0. The zero-order valence-corrected chi connectivity index (χ0v) is 15.9. The quantitative estimate of drug-likeness (QED) is 0.275. The monoisotopic (exact) mass is 376 g/mol. The molecule has 0 aliphatic carbocycles. The standard InChI is InChI=1S/C22H32O5/c1-2-3-9-16-20(24)21(25)17-12-7-5-4-6-10-14-19(23)15-11-8-13-18-22(26)27/h3-12,14,17,19-21,23-25H,2,13,15-16,18H2,1H3,(H,26,27)/b6-4-,7-5+,9-3-,11-8-,14-10+,17-12+/t19-,20+,21+/m0/s1. The van der Waals surface area contributed by atoms with Crippen molar-refractivity contribution in [2.75, 3.05) is 0 Å². The van der Waals surface area contributed by atoms with Crippen molar-refractivity contribution in [2.24, 2.45) is 0 Å². The summed E-state index contributed by atoms with van der Waals surface area (Å²) >= 11 is 0. The summed E-state index contributed by atoms with van der Waals surface area (Å²) in [5, 5.41) is 37.7. The molecule has 27 heavy (non-hydrogen) atoms. The van der Waals surface area contributed by atoms with E-state index in [1.54, 1.807) is 54.7 Å². The van der Waals surface area contributed by atoms with Gasteiger partial charge in [0, 0.05) is 6.42 Å². The lowest BCUT2D eigenvalue weighted by Crippen LogP contribution is -2.22. The van der Waals surface area contributed by atoms with Crippen molar-refractivity contribution in [3.05, 3.63) is 72.9 Å². The molecule has 0 aromatic carbocycles. The third-order valence-corrected chi connectivity index (χ3v) is 3.44. The van der Waals surface area contributed by atoms with Crippen molar-refractivity contribution >= 4 is 5.97 Å². The average Bonchev–Trinajstić information content (AvgIpc) is 2.63. The molecule has 5 heteroatoms. The zero-order chi connectivity index (χ0) is 20.3. The van der Waals surface area contributed by atoms with Gasteiger partial charge in [-0.2, -0.15) is 0 Å². The fraction of sp³-hybridized carbons (Fsp3) is 0.409. The number of aliphatic carboxylic acids is 1. The predicted octanol–water partition coefficient (Wildman–Crippen LogP) is 3.46. The summed E-state index contributed by atoms with van der Waals surface area (Å²) in [5.41, 5.74) is 0. The summed E-state index contributed by atoms with van der Waals surface area (Å²) in [5.74, 6) is -0.831. The minimum absolute atomic E-state index is 0.0951. The van der Waals surface area contributed by atoms with E-state index >= 15 is 0 Å². The maximum Gasteiger partial charge on any atom is 0.303 e. The fourth-order valence-corrected chi connectivity index (χ4v) is 1.94. The van der Waals surface area contributed by atoms with Gasteiger partial charge in [0.05, 0.1) is 18.3 Å². The lowest BCUT2D eigenvalue weighted by molar-refractivity contribution is -0.136. The Morgan fingerprint density at radius 1 is 0.815 bits per heavy atom. The SMILES string of the molecule is CC/C=C\C[C@@H](O)[C@H](O)/C=C/C=C/C=C\C=C\[C@H](O)C/C=C\CCC(=O)O. The van der Waals surface area contributed by atoms with Crippen LogP contribution in [0.4, 0.5) is 0 Å². The van der Waals surface area contributed by atoms with E-state index in [1.165, 1.54) is 6.08 Å². The minimum Gasteiger partial charge on any atom is -0.481 e. The molecule has 0 heterocycles. The van der Waals surface area contributed by atoms with E-state index in [2.05, 4.69) is 0 Å². The molecule has 0 saturated carbocycles. The maximum atomic E-state index is 10.3. The molecule has 4 N–H and O–H groups in total. The second-order valence-corrected chi connectivity index (χ2v) is 5.92. The smallest absolute Gasteiger partial charge is 0.303 e. The first-order chi connectivity index (χ1) is 13.0. The van der Waals surface area contributed by atoms with Crippen molar-refractivity contribution in [3.8, 4) is 0 Å². The predicted molar refractivity (Wildman–Crippen MR) is 109 cm³/mol. The van der Waals surface area contributed by atoms with Gasteiger partial charge >= 0.3 is 5.97 Å². The number of hydrogen-bond acceptors (Lipinski definition) is 4. The highest BCUT2D eigenvalue weighted by molar-refractivity contribution is 5.66. The van der Waals surface area contributed by atoms with Crippen LogP contribution in [-0.2, 0) is 4.79 Å². The Labute approximate surface area is 162 Å². The highest BCUT2D eigenvalue weighted by atomic mass is 16.4. The molecule has 0 aromatic rings. The van der Waals surface area contributed by atoms with Gasteiger partial charge in [-0.1, -0.05) is 79.8 Å². The van der Waals surface area contributed by atoms with Gasteiger partial charge in [0.1, 0.15) is 0 Å². The number of carboxylic acid groups (broad SMARTS) is 1. The number of allylic oxidation sites excluding steroid dienone is 8. The van der Waals surface area contributed by atoms with E-state index in [9.17, 15) is 20.1 Å². The molecule has 0 rings (SSSR count). The van der Waals surface area contributed by atoms with Crippen LogP contribution in [0.25, 0.3) is 0 Å². The van der Waals surface area contributed by atoms with Gasteiger partial charge in [-0.15, -0.1) is 0 Å². The lowest BCUT2D eigenvalue weighted by atomic mass is 10.1. The summed E-state index contributed by atoms with van der Waals surface area (Å²) in [6.07, 6.45) is 21.0. The Balaban J connectivity index is 4.03. The second-order valence-electron chi connectivity index (χ2n) is 5.92. The third kappa shape index (κ3) is 17.0. The molecule has 0 bridgehead atoms. The van der Waals surface area contributed by atoms with Crippen LogP contribution in [0.3, 0.4) is 0 Å². The van der Waals surface area contributed by atoms with E-state index in [4.69, 9.17) is 5.11 Å². The highest BCUT2D eigenvalue weighted by Gasteiger charge is 2.10. The molecule has 0 amide bonds. The fourth-order valence-electron chi connectivity index (χ4n) is 1.94. The van der Waals surface area contributed by atoms with E-state index in [1.807, 2.05) is 19.1 Å². The van der Waals surface area contributed by atoms with Crippen molar-refractivity contribution in [1.29, 1.82) is 0 Å². The normalized spacial score (nSPS) is 16.6. The summed E-state index contributed by atoms with van der Waals surface area (Å²) in [6.45, 7) is 2.01. The first-order valence-corrected chi connectivity index (χ1v) is 9.21. The van der Waals surface area contributed by atoms with Gasteiger partial charge in [-0.3, -0.25) is 4.79 Å². The van der Waals surface area contributed by atoms with Gasteiger partial charge in [-0.25, -0.2) is 0 Å². The molecular weight excluding hydrogens is 344 g/mol. The summed E-state index contributed by atoms with van der Waals surface area (Å²) in [7, 11) is 0. The average molecular weight is 376 g/mol. The zero-order valence-electron chi connectivity index (χ0n) is 15.9. The van der Waals surface area contributed by atoms with Crippen molar-refractivity contribution in [3.63, 3.8) is 0 Å². The number of aliphatic hydroxyl groups is 3. The van der Waals surface area contributed by atoms with Crippen molar-refractivity contribution in [2.45, 2.75) is 57.3 Å². The van der Waals surface area contributed by atoms with Crippen LogP contribution in [0, 0.1) is 0 Å². The first kappa shape index (κ1) is 24.8. The van der Waals surface area contributed by atoms with Crippen LogP contribution in [0.5, 0.6) is 0 Å². The lowest BCUT2D eigenvalue weighted by Gasteiger charge is -2.11. The van der Waals surface area contributed by atoms with Crippen molar-refractivity contribution in [1.82, 2.24) is 0 Å². The molecular formula is C22H32O5. The Morgan fingerprint density at radius 2 is 1.41 bits per heavy atom. The highest BCUT2D eigenvalue weighted by Crippen LogP contribution is 2.03. The third-order valence-electron chi connectivity index (χ3n) is 3.44. The van der Waals surface area contributed by atoms with Gasteiger partial charge in [0.2, 0.25) is 0 Å². The number of carbonyl (C=O) groups is 1. The summed E-state index contributed by atoms with van der Waals surface area (Å²) in [4.78, 5) is 10.3. The minimum atomic E-state index is -0.904. The van der Waals surface area contributed by atoms with Crippen LogP contribution in [0.2, 0.25) is 0 Å². The Morgan fingerprint density at radius 3 is 2.04 bits per heavy atom. The number of carboxylic acids is 1. The largest absolute Gasteiger partial charge is 0.481 e. The molecule has 0 aliphatic heterocycles. The van der Waals surface area contributed by atoms with Gasteiger partial charge in [0.15, 0.2) is 0 Å². The molecule has 150 valence electrons. The number of rotatable bonds is 14. The van der Waals surface area contributed by atoms with Crippen LogP contribution < -0.4 is 0 Å². The van der Waals surface area contributed by atoms with Crippen LogP contribution >= 0.6 is 0 Å². The molecule has 0 unspecified atom stereocenters. The molecule has 5 nitrogen and oxygen atoms in total. The number of aliphatic hydroxyl groups excluding tert-OH is 3. The van der Waals surface area contributed by atoms with Crippen LogP contribution in [0.1, 0.15) is 39.0 Å². The van der Waals surface area contributed by atoms with Gasteiger partial charge < -0.3 is 20.4 Å². The van der Waals surface area contributed by atoms with E-state index < -0.39 is 24.3 Å². The molecule has 3 atom stereocenters. The molecule has 0 radical (unpaired) electrons. The van der Waals surface area contributed by atoms with Crippen LogP contribution in [0.15, 0.2) is 72.9 Å². The molecule has 0 spiro atoms. The second kappa shape index (κ2) is 17.2. The molecule has 0 aromatic heterocycles. The van der Waals surface area contributed by atoms with Crippen LogP contribution in [-0.4, -0.2) is 44.7 Å². The molecule has 0 fully saturated rings. The van der Waals surface area contributed by atoms with Gasteiger partial charge in [0.25, 0.3) is 0 Å². The van der Waals surface area contributed by atoms with E-state index in [-0.39, 0.29) is 6.42 Å².